The molecule has 0 aromatic carbocycles. The van der Waals surface area contributed by atoms with Crippen molar-refractivity contribution < 1.29 is 8.42 Å². The Morgan fingerprint density at radius 3 is 2.94 bits per heavy atom. The van der Waals surface area contributed by atoms with E-state index in [0.717, 1.165) is 30.5 Å². The molecule has 1 saturated heterocycles. The molecule has 1 aromatic rings. The van der Waals surface area contributed by atoms with Gasteiger partial charge in [0.15, 0.2) is 9.84 Å². The Kier molecular flexibility index (Phi) is 4.07. The summed E-state index contributed by atoms with van der Waals surface area (Å²) in [6, 6.07) is 0. The van der Waals surface area contributed by atoms with Crippen LogP contribution in [0.2, 0.25) is 0 Å². The van der Waals surface area contributed by atoms with Gasteiger partial charge in [0.1, 0.15) is 0 Å². The minimum absolute atomic E-state index is 0.195. The summed E-state index contributed by atoms with van der Waals surface area (Å²) >= 11 is 0. The Hall–Kier alpha value is -0.880. The van der Waals surface area contributed by atoms with Gasteiger partial charge in [0.25, 0.3) is 0 Å². The minimum Gasteiger partial charge on any atom is -0.311 e. The zero-order valence-corrected chi connectivity index (χ0v) is 11.8. The van der Waals surface area contributed by atoms with Crippen molar-refractivity contribution in [2.75, 3.05) is 12.3 Å². The highest BCUT2D eigenvalue weighted by Gasteiger charge is 2.30. The fourth-order valence-corrected chi connectivity index (χ4v) is 4.28. The van der Waals surface area contributed by atoms with Gasteiger partial charge in [-0.2, -0.15) is 5.10 Å². The van der Waals surface area contributed by atoms with E-state index in [4.69, 9.17) is 0 Å². The lowest BCUT2D eigenvalue weighted by Crippen LogP contribution is -2.30. The Morgan fingerprint density at radius 1 is 1.56 bits per heavy atom. The minimum atomic E-state index is -2.84. The van der Waals surface area contributed by atoms with Crippen LogP contribution in [0.4, 0.5) is 0 Å². The van der Waals surface area contributed by atoms with Gasteiger partial charge in [0.05, 0.1) is 16.7 Å². The molecule has 1 aliphatic heterocycles. The van der Waals surface area contributed by atoms with Crippen LogP contribution >= 0.6 is 0 Å². The number of hydrogen-bond acceptors (Lipinski definition) is 4. The van der Waals surface area contributed by atoms with Gasteiger partial charge < -0.3 is 5.32 Å². The summed E-state index contributed by atoms with van der Waals surface area (Å²) in [6.07, 6.45) is 4.50. The first kappa shape index (κ1) is 13.5. The molecule has 1 N–H and O–H groups in total. The first-order valence-electron chi connectivity index (χ1n) is 6.46. The van der Waals surface area contributed by atoms with Gasteiger partial charge in [-0.25, -0.2) is 8.42 Å². The van der Waals surface area contributed by atoms with Gasteiger partial charge in [-0.05, 0) is 19.3 Å². The van der Waals surface area contributed by atoms with Crippen LogP contribution in [0.25, 0.3) is 0 Å². The molecule has 1 aliphatic rings. The van der Waals surface area contributed by atoms with E-state index in [1.54, 1.807) is 0 Å². The van der Waals surface area contributed by atoms with Gasteiger partial charge >= 0.3 is 0 Å². The Balaban J connectivity index is 1.89. The molecule has 1 aromatic heterocycles. The third-order valence-corrected chi connectivity index (χ3v) is 5.75. The van der Waals surface area contributed by atoms with Crippen LogP contribution in [0.5, 0.6) is 0 Å². The summed E-state index contributed by atoms with van der Waals surface area (Å²) < 4.78 is 25.2. The van der Waals surface area contributed by atoms with Gasteiger partial charge in [-0.15, -0.1) is 0 Å². The summed E-state index contributed by atoms with van der Waals surface area (Å²) in [6.45, 7) is 3.33. The van der Waals surface area contributed by atoms with E-state index in [9.17, 15) is 8.42 Å². The highest BCUT2D eigenvalue weighted by molar-refractivity contribution is 7.92. The fourth-order valence-electron chi connectivity index (χ4n) is 2.48. The monoisotopic (exact) mass is 271 g/mol. The topological polar surface area (TPSA) is 64.0 Å². The fraction of sp³-hybridized carbons (Fsp3) is 0.750. The summed E-state index contributed by atoms with van der Waals surface area (Å²) in [5, 5.41) is 7.43. The second-order valence-electron chi connectivity index (χ2n) is 4.89. The van der Waals surface area contributed by atoms with Gasteiger partial charge in [0.2, 0.25) is 0 Å². The van der Waals surface area contributed by atoms with E-state index >= 15 is 0 Å². The molecular formula is C12H21N3O2S. The molecule has 6 heteroatoms. The molecular weight excluding hydrogens is 250 g/mol. The molecule has 0 spiro atoms. The van der Waals surface area contributed by atoms with Crippen molar-refractivity contribution in [2.24, 2.45) is 7.05 Å². The van der Waals surface area contributed by atoms with Crippen LogP contribution in [0, 0.1) is 0 Å². The van der Waals surface area contributed by atoms with E-state index in [-0.39, 0.29) is 5.25 Å². The molecule has 2 heterocycles. The molecule has 0 aliphatic carbocycles. The summed E-state index contributed by atoms with van der Waals surface area (Å²) in [4.78, 5) is 0. The molecule has 0 amide bonds. The normalized spacial score (nSPS) is 22.4. The number of aromatic nitrogens is 2. The second kappa shape index (κ2) is 5.40. The molecule has 0 saturated carbocycles. The lowest BCUT2D eigenvalue weighted by molar-refractivity contribution is 0.573. The number of sulfone groups is 1. The van der Waals surface area contributed by atoms with Gasteiger partial charge in [0, 0.05) is 31.9 Å². The second-order valence-corrected chi connectivity index (χ2v) is 7.29. The molecule has 5 nitrogen and oxygen atoms in total. The van der Waals surface area contributed by atoms with Gasteiger partial charge in [-0.1, -0.05) is 6.92 Å². The zero-order valence-electron chi connectivity index (χ0n) is 11.0. The van der Waals surface area contributed by atoms with Crippen LogP contribution < -0.4 is 5.32 Å². The third-order valence-electron chi connectivity index (χ3n) is 3.48. The van der Waals surface area contributed by atoms with Crippen molar-refractivity contribution >= 4 is 9.84 Å². The van der Waals surface area contributed by atoms with Crippen LogP contribution in [-0.2, 0) is 29.9 Å². The highest BCUT2D eigenvalue weighted by Crippen LogP contribution is 2.19. The SMILES string of the molecule is CCc1nn(C)cc1CNCC1CCCS1(=O)=O. The van der Waals surface area contributed by atoms with Crippen LogP contribution in [0.3, 0.4) is 0 Å². The summed E-state index contributed by atoms with van der Waals surface area (Å²) in [5.41, 5.74) is 2.25. The van der Waals surface area contributed by atoms with Crippen molar-refractivity contribution in [1.82, 2.24) is 15.1 Å². The highest BCUT2D eigenvalue weighted by atomic mass is 32.2. The largest absolute Gasteiger partial charge is 0.311 e. The molecule has 2 rings (SSSR count). The first-order valence-corrected chi connectivity index (χ1v) is 8.18. The van der Waals surface area contributed by atoms with Crippen molar-refractivity contribution in [3.8, 4) is 0 Å². The number of nitrogens with one attached hydrogen (secondary N) is 1. The molecule has 1 fully saturated rings. The van der Waals surface area contributed by atoms with E-state index in [2.05, 4.69) is 17.3 Å². The average molecular weight is 271 g/mol. The maximum atomic E-state index is 11.7. The van der Waals surface area contributed by atoms with E-state index < -0.39 is 9.84 Å². The number of hydrogen-bond donors (Lipinski definition) is 1. The van der Waals surface area contributed by atoms with E-state index in [1.165, 1.54) is 0 Å². The average Bonchev–Trinajstić information content (AvgIpc) is 2.82. The Bertz CT molecular complexity index is 507. The smallest absolute Gasteiger partial charge is 0.154 e. The van der Waals surface area contributed by atoms with Crippen molar-refractivity contribution in [1.29, 1.82) is 0 Å². The maximum Gasteiger partial charge on any atom is 0.154 e. The predicted octanol–water partition coefficient (Wildman–Crippen LogP) is 0.649. The van der Waals surface area contributed by atoms with Crippen LogP contribution in [0.15, 0.2) is 6.20 Å². The Morgan fingerprint density at radius 2 is 2.33 bits per heavy atom. The molecule has 1 unspecified atom stereocenters. The van der Waals surface area contributed by atoms with Crippen LogP contribution in [0.1, 0.15) is 31.0 Å². The quantitative estimate of drug-likeness (QED) is 0.854. The summed E-state index contributed by atoms with van der Waals surface area (Å²) in [5.74, 6) is 0.354. The van der Waals surface area contributed by atoms with Crippen molar-refractivity contribution in [3.63, 3.8) is 0 Å². The maximum absolute atomic E-state index is 11.7. The van der Waals surface area contributed by atoms with E-state index in [1.807, 2.05) is 17.9 Å². The third kappa shape index (κ3) is 2.92. The summed E-state index contributed by atoms with van der Waals surface area (Å²) in [7, 11) is -0.928. The molecule has 0 bridgehead atoms. The lowest BCUT2D eigenvalue weighted by Gasteiger charge is -2.10. The molecule has 18 heavy (non-hydrogen) atoms. The Labute approximate surface area is 108 Å². The molecule has 0 radical (unpaired) electrons. The number of nitrogens with zero attached hydrogens (tertiary/aromatic N) is 2. The lowest BCUT2D eigenvalue weighted by atomic mass is 10.2. The molecule has 102 valence electrons. The van der Waals surface area contributed by atoms with Gasteiger partial charge in [-0.3, -0.25) is 4.68 Å². The zero-order chi connectivity index (χ0) is 13.2. The number of rotatable bonds is 5. The van der Waals surface area contributed by atoms with Crippen molar-refractivity contribution in [2.45, 2.75) is 38.0 Å². The van der Waals surface area contributed by atoms with Crippen molar-refractivity contribution in [3.05, 3.63) is 17.5 Å². The number of aryl methyl sites for hydroxylation is 2. The molecule has 1 atom stereocenters. The van der Waals surface area contributed by atoms with E-state index in [0.29, 0.717) is 18.8 Å². The predicted molar refractivity (Wildman–Crippen MR) is 71.1 cm³/mol. The standard InChI is InChI=1S/C12H21N3O2S/c1-3-12-10(9-15(2)14-12)7-13-8-11-5-4-6-18(11,16)17/h9,11,13H,3-8H2,1-2H3. The van der Waals surface area contributed by atoms with Crippen LogP contribution in [-0.4, -0.2) is 35.7 Å². The first-order chi connectivity index (χ1) is 8.53.